The molecule has 6 nitrogen and oxygen atoms in total. The smallest absolute Gasteiger partial charge is 0.305 e. The highest BCUT2D eigenvalue weighted by Gasteiger charge is 2.25. The van der Waals surface area contributed by atoms with Crippen LogP contribution in [-0.4, -0.2) is 28.6 Å². The Labute approximate surface area is 111 Å². The fourth-order valence-electron chi connectivity index (χ4n) is 2.20. The molecule has 0 saturated carbocycles. The molecule has 19 heavy (non-hydrogen) atoms. The van der Waals surface area contributed by atoms with Gasteiger partial charge in [0.05, 0.1) is 11.3 Å². The molecule has 0 radical (unpaired) electrons. The van der Waals surface area contributed by atoms with Crippen molar-refractivity contribution in [2.45, 2.75) is 33.2 Å². The molecular weight excluding hydrogens is 248 g/mol. The second-order valence-electron chi connectivity index (χ2n) is 4.43. The lowest BCUT2D eigenvalue weighted by Crippen LogP contribution is -2.35. The first-order valence-corrected chi connectivity index (χ1v) is 6.10. The first kappa shape index (κ1) is 14.9. The molecule has 0 fully saturated rings. The van der Waals surface area contributed by atoms with Crippen molar-refractivity contribution in [2.75, 3.05) is 11.4 Å². The number of hydrogen-bond donors (Lipinski definition) is 1. The van der Waals surface area contributed by atoms with E-state index >= 15 is 0 Å². The van der Waals surface area contributed by atoms with Gasteiger partial charge in [-0.1, -0.05) is 12.1 Å². The van der Waals surface area contributed by atoms with Gasteiger partial charge in [0.15, 0.2) is 0 Å². The van der Waals surface area contributed by atoms with Crippen molar-refractivity contribution in [3.8, 4) is 0 Å². The number of nitro groups is 1. The summed E-state index contributed by atoms with van der Waals surface area (Å²) in [6.07, 6.45) is -0.0566. The second kappa shape index (κ2) is 6.17. The van der Waals surface area contributed by atoms with Crippen LogP contribution in [0.25, 0.3) is 0 Å². The number of nitrogens with zero attached hydrogens (tertiary/aromatic N) is 2. The number of anilines is 1. The summed E-state index contributed by atoms with van der Waals surface area (Å²) >= 11 is 0. The van der Waals surface area contributed by atoms with Crippen molar-refractivity contribution >= 4 is 17.3 Å². The van der Waals surface area contributed by atoms with Gasteiger partial charge in [-0.2, -0.15) is 0 Å². The normalized spacial score (nSPS) is 11.9. The summed E-state index contributed by atoms with van der Waals surface area (Å²) < 4.78 is 0. The summed E-state index contributed by atoms with van der Waals surface area (Å²) in [6, 6.07) is 4.78. The molecule has 1 N–H and O–H groups in total. The quantitative estimate of drug-likeness (QED) is 0.632. The molecule has 1 aromatic carbocycles. The van der Waals surface area contributed by atoms with E-state index in [1.54, 1.807) is 36.9 Å². The summed E-state index contributed by atoms with van der Waals surface area (Å²) in [4.78, 5) is 23.3. The summed E-state index contributed by atoms with van der Waals surface area (Å²) in [7, 11) is 0. The number of carboxylic acid groups (broad SMARTS) is 1. The van der Waals surface area contributed by atoms with Crippen molar-refractivity contribution in [1.29, 1.82) is 0 Å². The molecule has 0 heterocycles. The lowest BCUT2D eigenvalue weighted by molar-refractivity contribution is -0.384. The molecule has 0 aromatic heterocycles. The fraction of sp³-hybridized carbons (Fsp3) is 0.462. The van der Waals surface area contributed by atoms with E-state index in [1.807, 2.05) is 6.92 Å². The summed E-state index contributed by atoms with van der Waals surface area (Å²) in [5.41, 5.74) is 1.09. The van der Waals surface area contributed by atoms with Crippen molar-refractivity contribution in [2.24, 2.45) is 0 Å². The van der Waals surface area contributed by atoms with Gasteiger partial charge >= 0.3 is 5.97 Å². The number of benzene rings is 1. The van der Waals surface area contributed by atoms with Gasteiger partial charge in [-0.15, -0.1) is 0 Å². The van der Waals surface area contributed by atoms with Crippen molar-refractivity contribution < 1.29 is 14.8 Å². The fourth-order valence-corrected chi connectivity index (χ4v) is 2.20. The summed E-state index contributed by atoms with van der Waals surface area (Å²) in [5.74, 6) is -0.916. The predicted octanol–water partition coefficient (Wildman–Crippen LogP) is 2.59. The molecule has 1 unspecified atom stereocenters. The molecule has 0 spiro atoms. The van der Waals surface area contributed by atoms with Crippen LogP contribution in [0.15, 0.2) is 18.2 Å². The third-order valence-corrected chi connectivity index (χ3v) is 3.05. The Morgan fingerprint density at radius 1 is 1.53 bits per heavy atom. The molecule has 1 aromatic rings. The van der Waals surface area contributed by atoms with Crippen LogP contribution in [-0.2, 0) is 4.79 Å². The number of para-hydroxylation sites is 1. The lowest BCUT2D eigenvalue weighted by Gasteiger charge is -2.29. The molecule has 0 aliphatic rings. The average molecular weight is 266 g/mol. The first-order chi connectivity index (χ1) is 8.88. The third kappa shape index (κ3) is 3.43. The zero-order valence-corrected chi connectivity index (χ0v) is 11.3. The van der Waals surface area contributed by atoms with Gasteiger partial charge in [-0.3, -0.25) is 14.9 Å². The van der Waals surface area contributed by atoms with Gasteiger partial charge < -0.3 is 10.0 Å². The van der Waals surface area contributed by atoms with E-state index in [1.165, 1.54) is 0 Å². The van der Waals surface area contributed by atoms with Gasteiger partial charge in [0, 0.05) is 18.2 Å². The molecule has 0 aliphatic carbocycles. The maximum Gasteiger partial charge on any atom is 0.305 e. The van der Waals surface area contributed by atoms with Crippen LogP contribution in [0.4, 0.5) is 11.4 Å². The topological polar surface area (TPSA) is 83.7 Å². The van der Waals surface area contributed by atoms with E-state index in [0.29, 0.717) is 17.8 Å². The zero-order chi connectivity index (χ0) is 14.6. The van der Waals surface area contributed by atoms with E-state index in [0.717, 1.165) is 0 Å². The third-order valence-electron chi connectivity index (χ3n) is 3.05. The lowest BCUT2D eigenvalue weighted by atomic mass is 10.1. The number of nitro benzene ring substituents is 1. The van der Waals surface area contributed by atoms with Crippen molar-refractivity contribution in [3.05, 3.63) is 33.9 Å². The SMILES string of the molecule is CCN(c1cccc(C)c1[N+](=O)[O-])C(C)CC(=O)O. The van der Waals surface area contributed by atoms with Crippen molar-refractivity contribution in [3.63, 3.8) is 0 Å². The number of aliphatic carboxylic acids is 1. The molecular formula is C13H18N2O4. The zero-order valence-electron chi connectivity index (χ0n) is 11.3. The van der Waals surface area contributed by atoms with E-state index in [9.17, 15) is 14.9 Å². The Bertz CT molecular complexity index is 488. The molecule has 1 rings (SSSR count). The largest absolute Gasteiger partial charge is 0.481 e. The van der Waals surface area contributed by atoms with Crippen LogP contribution in [0.5, 0.6) is 0 Å². The van der Waals surface area contributed by atoms with Gasteiger partial charge in [0.25, 0.3) is 5.69 Å². The number of aryl methyl sites for hydroxylation is 1. The average Bonchev–Trinajstić information content (AvgIpc) is 2.28. The monoisotopic (exact) mass is 266 g/mol. The van der Waals surface area contributed by atoms with E-state index < -0.39 is 10.9 Å². The molecule has 0 bridgehead atoms. The van der Waals surface area contributed by atoms with Gasteiger partial charge in [0.1, 0.15) is 5.69 Å². The van der Waals surface area contributed by atoms with E-state index in [4.69, 9.17) is 5.11 Å². The highest BCUT2D eigenvalue weighted by atomic mass is 16.6. The van der Waals surface area contributed by atoms with Gasteiger partial charge in [-0.25, -0.2) is 0 Å². The van der Waals surface area contributed by atoms with Crippen LogP contribution < -0.4 is 4.90 Å². The van der Waals surface area contributed by atoms with Crippen LogP contribution in [0.3, 0.4) is 0 Å². The maximum atomic E-state index is 11.2. The molecule has 6 heteroatoms. The second-order valence-corrected chi connectivity index (χ2v) is 4.43. The minimum absolute atomic E-state index is 0.0431. The molecule has 1 atom stereocenters. The summed E-state index contributed by atoms with van der Waals surface area (Å²) in [6.45, 7) is 5.80. The van der Waals surface area contributed by atoms with E-state index in [2.05, 4.69) is 0 Å². The maximum absolute atomic E-state index is 11.2. The minimum atomic E-state index is -0.916. The highest BCUT2D eigenvalue weighted by molar-refractivity contribution is 5.71. The number of carboxylic acids is 1. The van der Waals surface area contributed by atoms with Crippen LogP contribution >= 0.6 is 0 Å². The van der Waals surface area contributed by atoms with Gasteiger partial charge in [0.2, 0.25) is 0 Å². The number of carbonyl (C=O) groups is 1. The Hall–Kier alpha value is -2.11. The Kier molecular flexibility index (Phi) is 4.86. The van der Waals surface area contributed by atoms with Crippen LogP contribution in [0.2, 0.25) is 0 Å². The molecule has 0 amide bonds. The van der Waals surface area contributed by atoms with Gasteiger partial charge in [-0.05, 0) is 26.8 Å². The van der Waals surface area contributed by atoms with Crippen LogP contribution in [0.1, 0.15) is 25.8 Å². The first-order valence-electron chi connectivity index (χ1n) is 6.10. The van der Waals surface area contributed by atoms with Crippen molar-refractivity contribution in [1.82, 2.24) is 0 Å². The Morgan fingerprint density at radius 2 is 2.16 bits per heavy atom. The Balaban J connectivity index is 3.21. The molecule has 104 valence electrons. The van der Waals surface area contributed by atoms with E-state index in [-0.39, 0.29) is 18.2 Å². The summed E-state index contributed by atoms with van der Waals surface area (Å²) in [5, 5.41) is 20.0. The molecule has 0 saturated heterocycles. The predicted molar refractivity (Wildman–Crippen MR) is 72.6 cm³/mol. The number of hydrogen-bond acceptors (Lipinski definition) is 4. The highest BCUT2D eigenvalue weighted by Crippen LogP contribution is 2.32. The number of rotatable bonds is 6. The standard InChI is InChI=1S/C13H18N2O4/c1-4-14(10(3)8-12(16)17)11-7-5-6-9(2)13(11)15(18)19/h5-7,10H,4,8H2,1-3H3,(H,16,17). The minimum Gasteiger partial charge on any atom is -0.481 e. The molecule has 0 aliphatic heterocycles. The van der Waals surface area contributed by atoms with Crippen LogP contribution in [0, 0.1) is 17.0 Å². The Morgan fingerprint density at radius 3 is 2.63 bits per heavy atom.